The Kier molecular flexibility index (Phi) is 4.37. The Bertz CT molecular complexity index is 841. The largest absolute Gasteiger partial charge is 0.492 e. The maximum Gasteiger partial charge on any atom is 0.127 e. The van der Waals surface area contributed by atoms with Gasteiger partial charge in [-0.3, -0.25) is 0 Å². The van der Waals surface area contributed by atoms with Gasteiger partial charge in [0.2, 0.25) is 0 Å². The summed E-state index contributed by atoms with van der Waals surface area (Å²) in [6, 6.07) is 17.4. The van der Waals surface area contributed by atoms with Crippen molar-refractivity contribution in [2.24, 2.45) is 0 Å². The van der Waals surface area contributed by atoms with Crippen LogP contribution in [-0.2, 0) is 6.54 Å². The van der Waals surface area contributed by atoms with Crippen LogP contribution in [-0.4, -0.2) is 28.0 Å². The third-order valence-corrected chi connectivity index (χ3v) is 4.01. The summed E-state index contributed by atoms with van der Waals surface area (Å²) in [5.41, 5.74) is 2.16. The van der Waals surface area contributed by atoms with Gasteiger partial charge >= 0.3 is 0 Å². The number of nitrogens with one attached hydrogen (secondary N) is 1. The highest BCUT2D eigenvalue weighted by atomic mass is 16.5. The Hall–Kier alpha value is -3.21. The molecule has 5 nitrogen and oxygen atoms in total. The molecule has 5 heteroatoms. The fourth-order valence-corrected chi connectivity index (χ4v) is 2.69. The molecule has 0 atom stereocenters. The van der Waals surface area contributed by atoms with E-state index in [-0.39, 0.29) is 0 Å². The number of H-pyrrole nitrogens is 1. The van der Waals surface area contributed by atoms with Crippen molar-refractivity contribution in [1.29, 1.82) is 0 Å². The average molecular weight is 333 g/mol. The molecule has 1 N–H and O–H groups in total. The van der Waals surface area contributed by atoms with Crippen molar-refractivity contribution in [2.45, 2.75) is 6.54 Å². The number of hydrogen-bond donors (Lipinski definition) is 1. The van der Waals surface area contributed by atoms with E-state index in [1.54, 1.807) is 6.33 Å². The first-order valence-electron chi connectivity index (χ1n) is 8.27. The number of rotatable bonds is 6. The molecule has 0 saturated heterocycles. The van der Waals surface area contributed by atoms with Gasteiger partial charge in [-0.15, -0.1) is 0 Å². The predicted octanol–water partition coefficient (Wildman–Crippen LogP) is 4.07. The monoisotopic (exact) mass is 333 g/mol. The van der Waals surface area contributed by atoms with Gasteiger partial charge in [-0.25, -0.2) is 4.98 Å². The quantitative estimate of drug-likeness (QED) is 0.739. The van der Waals surface area contributed by atoms with E-state index in [4.69, 9.17) is 9.47 Å². The second kappa shape index (κ2) is 7.13. The normalized spacial score (nSPS) is 12.7. The summed E-state index contributed by atoms with van der Waals surface area (Å²) in [6.45, 7) is 2.23. The zero-order valence-electron chi connectivity index (χ0n) is 13.8. The average Bonchev–Trinajstić information content (AvgIpc) is 3.12. The number of imidazole rings is 1. The molecule has 3 aromatic rings. The van der Waals surface area contributed by atoms with E-state index >= 15 is 0 Å². The Morgan fingerprint density at radius 3 is 2.56 bits per heavy atom. The highest BCUT2D eigenvalue weighted by molar-refractivity contribution is 5.49. The Labute approximate surface area is 146 Å². The summed E-state index contributed by atoms with van der Waals surface area (Å²) < 4.78 is 11.6. The fourth-order valence-electron chi connectivity index (χ4n) is 2.69. The minimum absolute atomic E-state index is 0.614. The lowest BCUT2D eigenvalue weighted by Crippen LogP contribution is -2.25. The summed E-state index contributed by atoms with van der Waals surface area (Å²) in [7, 11) is 0. The van der Waals surface area contributed by atoms with Gasteiger partial charge in [-0.2, -0.15) is 0 Å². The lowest BCUT2D eigenvalue weighted by molar-refractivity contribution is 0.248. The SMILES string of the molecule is C1=CN(CCOc2ccc(Oc3ccccc3)cc2)Cc2nc[nH]c21. The van der Waals surface area contributed by atoms with Crippen molar-refractivity contribution in [2.75, 3.05) is 13.2 Å². The van der Waals surface area contributed by atoms with Crippen molar-refractivity contribution < 1.29 is 9.47 Å². The predicted molar refractivity (Wildman–Crippen MR) is 96.5 cm³/mol. The molecule has 0 bridgehead atoms. The molecule has 0 fully saturated rings. The second-order valence-electron chi connectivity index (χ2n) is 5.78. The zero-order valence-corrected chi connectivity index (χ0v) is 13.8. The van der Waals surface area contributed by atoms with Crippen molar-refractivity contribution >= 4 is 6.08 Å². The lowest BCUT2D eigenvalue weighted by Gasteiger charge is -2.22. The Balaban J connectivity index is 1.26. The molecule has 0 radical (unpaired) electrons. The smallest absolute Gasteiger partial charge is 0.127 e. The number of para-hydroxylation sites is 1. The van der Waals surface area contributed by atoms with Crippen molar-refractivity contribution in [1.82, 2.24) is 14.9 Å². The molecule has 126 valence electrons. The van der Waals surface area contributed by atoms with Crippen LogP contribution in [0.1, 0.15) is 11.4 Å². The molecule has 25 heavy (non-hydrogen) atoms. The van der Waals surface area contributed by atoms with Gasteiger partial charge in [0.25, 0.3) is 0 Å². The van der Waals surface area contributed by atoms with E-state index in [1.165, 1.54) is 0 Å². The molecular formula is C20H19N3O2. The maximum absolute atomic E-state index is 5.82. The first kappa shape index (κ1) is 15.3. The lowest BCUT2D eigenvalue weighted by atomic mass is 10.2. The van der Waals surface area contributed by atoms with Crippen LogP contribution in [0.15, 0.2) is 67.1 Å². The third-order valence-electron chi connectivity index (χ3n) is 4.01. The Morgan fingerprint density at radius 1 is 0.960 bits per heavy atom. The van der Waals surface area contributed by atoms with Crippen molar-refractivity contribution in [3.63, 3.8) is 0 Å². The molecule has 0 aliphatic carbocycles. The topological polar surface area (TPSA) is 50.4 Å². The molecule has 0 spiro atoms. The van der Waals surface area contributed by atoms with E-state index in [1.807, 2.05) is 60.7 Å². The molecule has 1 aliphatic rings. The summed E-state index contributed by atoms with van der Waals surface area (Å²) in [4.78, 5) is 9.62. The fraction of sp³-hybridized carbons (Fsp3) is 0.150. The number of aromatic amines is 1. The van der Waals surface area contributed by atoms with E-state index in [9.17, 15) is 0 Å². The number of benzene rings is 2. The van der Waals surface area contributed by atoms with Crippen LogP contribution in [0.3, 0.4) is 0 Å². The summed E-state index contributed by atoms with van der Waals surface area (Å²) in [6.07, 6.45) is 5.84. The van der Waals surface area contributed by atoms with Gasteiger partial charge in [0.15, 0.2) is 0 Å². The summed E-state index contributed by atoms with van der Waals surface area (Å²) in [5, 5.41) is 0. The van der Waals surface area contributed by atoms with E-state index in [0.717, 1.165) is 41.7 Å². The van der Waals surface area contributed by atoms with Gasteiger partial charge in [0, 0.05) is 6.20 Å². The number of aromatic nitrogens is 2. The molecule has 1 aliphatic heterocycles. The third kappa shape index (κ3) is 3.83. The van der Waals surface area contributed by atoms with Gasteiger partial charge in [0.05, 0.1) is 30.8 Å². The summed E-state index contributed by atoms with van der Waals surface area (Å²) in [5.74, 6) is 2.45. The highest BCUT2D eigenvalue weighted by Gasteiger charge is 2.12. The van der Waals surface area contributed by atoms with E-state index in [0.29, 0.717) is 6.61 Å². The van der Waals surface area contributed by atoms with Crippen LogP contribution >= 0.6 is 0 Å². The molecule has 2 heterocycles. The minimum atomic E-state index is 0.614. The molecule has 0 amide bonds. The number of ether oxygens (including phenoxy) is 2. The Morgan fingerprint density at radius 2 is 1.72 bits per heavy atom. The molecule has 0 unspecified atom stereocenters. The van der Waals surface area contributed by atoms with Crippen LogP contribution < -0.4 is 9.47 Å². The second-order valence-corrected chi connectivity index (χ2v) is 5.78. The van der Waals surface area contributed by atoms with E-state index in [2.05, 4.69) is 21.1 Å². The molecular weight excluding hydrogens is 314 g/mol. The van der Waals surface area contributed by atoms with Crippen LogP contribution in [0.4, 0.5) is 0 Å². The van der Waals surface area contributed by atoms with Gasteiger partial charge < -0.3 is 19.4 Å². The minimum Gasteiger partial charge on any atom is -0.492 e. The number of fused-ring (bicyclic) bond motifs is 1. The van der Waals surface area contributed by atoms with Crippen molar-refractivity contribution in [3.8, 4) is 17.2 Å². The first-order chi connectivity index (χ1) is 12.4. The van der Waals surface area contributed by atoms with Crippen LogP contribution in [0.25, 0.3) is 6.08 Å². The maximum atomic E-state index is 5.82. The van der Waals surface area contributed by atoms with Crippen LogP contribution in [0.5, 0.6) is 17.2 Å². The molecule has 4 rings (SSSR count). The molecule has 2 aromatic carbocycles. The highest BCUT2D eigenvalue weighted by Crippen LogP contribution is 2.23. The number of hydrogen-bond acceptors (Lipinski definition) is 4. The zero-order chi connectivity index (χ0) is 16.9. The van der Waals surface area contributed by atoms with Crippen LogP contribution in [0, 0.1) is 0 Å². The number of nitrogens with zero attached hydrogens (tertiary/aromatic N) is 2. The van der Waals surface area contributed by atoms with Gasteiger partial charge in [0.1, 0.15) is 23.9 Å². The standard InChI is InChI=1S/C20H19N3O2/c1-2-4-17(5-3-1)25-18-8-6-16(7-9-18)24-13-12-23-11-10-19-20(14-23)22-15-21-19/h1-11,15H,12-14H2,(H,21,22). The van der Waals surface area contributed by atoms with Gasteiger partial charge in [-0.1, -0.05) is 18.2 Å². The molecule has 1 aromatic heterocycles. The van der Waals surface area contributed by atoms with Crippen molar-refractivity contribution in [3.05, 3.63) is 78.5 Å². The molecule has 0 saturated carbocycles. The summed E-state index contributed by atoms with van der Waals surface area (Å²) >= 11 is 0. The van der Waals surface area contributed by atoms with Crippen LogP contribution in [0.2, 0.25) is 0 Å². The van der Waals surface area contributed by atoms with Gasteiger partial charge in [-0.05, 0) is 42.5 Å². The first-order valence-corrected chi connectivity index (χ1v) is 8.27. The van der Waals surface area contributed by atoms with E-state index < -0.39 is 0 Å².